The lowest BCUT2D eigenvalue weighted by Crippen LogP contribution is -2.51. The monoisotopic (exact) mass is 331 g/mol. The first kappa shape index (κ1) is 16.4. The van der Waals surface area contributed by atoms with Gasteiger partial charge in [0.1, 0.15) is 17.5 Å². The lowest BCUT2D eigenvalue weighted by atomic mass is 9.88. The fourth-order valence-electron chi connectivity index (χ4n) is 2.91. The number of fused-ring (bicyclic) bond motifs is 1. The van der Waals surface area contributed by atoms with E-state index in [-0.39, 0.29) is 5.76 Å². The van der Waals surface area contributed by atoms with Crippen LogP contribution in [-0.4, -0.2) is 31.8 Å². The summed E-state index contributed by atoms with van der Waals surface area (Å²) in [6.07, 6.45) is 0.358. The molecule has 1 aliphatic heterocycles. The fraction of sp³-hybridized carbons (Fsp3) is 0.389. The van der Waals surface area contributed by atoms with Crippen LogP contribution in [-0.2, 0) is 9.47 Å². The summed E-state index contributed by atoms with van der Waals surface area (Å²) < 4.78 is 22.5. The Kier molecular flexibility index (Phi) is 4.24. The van der Waals surface area contributed by atoms with Crippen molar-refractivity contribution in [3.05, 3.63) is 47.9 Å². The smallest absolute Gasteiger partial charge is 0.374 e. The molecule has 0 saturated carbocycles. The van der Waals surface area contributed by atoms with Gasteiger partial charge in [0.2, 0.25) is 5.76 Å². The van der Waals surface area contributed by atoms with Gasteiger partial charge in [-0.3, -0.25) is 0 Å². The third-order valence-corrected chi connectivity index (χ3v) is 4.15. The predicted octanol–water partition coefficient (Wildman–Crippen LogP) is 3.41. The summed E-state index contributed by atoms with van der Waals surface area (Å²) in [5.74, 6) is 0.323. The Morgan fingerprint density at radius 1 is 1.29 bits per heavy atom. The number of methoxy groups -OCH3 is 1. The second-order valence-corrected chi connectivity index (χ2v) is 6.17. The molecule has 0 amide bonds. The van der Waals surface area contributed by atoms with E-state index in [0.29, 0.717) is 0 Å². The third kappa shape index (κ3) is 2.85. The van der Waals surface area contributed by atoms with Crippen molar-refractivity contribution in [1.29, 1.82) is 0 Å². The van der Waals surface area contributed by atoms with Crippen molar-refractivity contribution in [3.63, 3.8) is 0 Å². The van der Waals surface area contributed by atoms with Crippen molar-refractivity contribution in [1.82, 2.24) is 0 Å². The number of rotatable bonds is 4. The van der Waals surface area contributed by atoms with Gasteiger partial charge in [0, 0.05) is 25.4 Å². The van der Waals surface area contributed by atoms with Gasteiger partial charge < -0.3 is 23.9 Å². The first-order valence-corrected chi connectivity index (χ1v) is 7.74. The summed E-state index contributed by atoms with van der Waals surface area (Å²) >= 11 is 0. The fourth-order valence-corrected chi connectivity index (χ4v) is 2.91. The number of nitrogens with one attached hydrogen (secondary N) is 1. The summed E-state index contributed by atoms with van der Waals surface area (Å²) in [4.78, 5) is 12.3. The highest BCUT2D eigenvalue weighted by Gasteiger charge is 2.47. The molecule has 1 N–H and O–H groups in total. The summed E-state index contributed by atoms with van der Waals surface area (Å²) in [6.45, 7) is 3.74. The van der Waals surface area contributed by atoms with Crippen LogP contribution in [0, 0.1) is 0 Å². The van der Waals surface area contributed by atoms with E-state index in [1.165, 1.54) is 6.26 Å². The lowest BCUT2D eigenvalue weighted by molar-refractivity contribution is -0.130. The van der Waals surface area contributed by atoms with Crippen LogP contribution in [0.2, 0.25) is 0 Å². The van der Waals surface area contributed by atoms with Gasteiger partial charge >= 0.3 is 5.97 Å². The summed E-state index contributed by atoms with van der Waals surface area (Å²) in [5.41, 5.74) is 1.01. The minimum absolute atomic E-state index is 0.149. The molecule has 0 aliphatic carbocycles. The van der Waals surface area contributed by atoms with E-state index < -0.39 is 23.8 Å². The number of benzene rings is 1. The standard InChI is InChI=1S/C18H21NO5/c1-18(2)16(23-17(20)14-6-5-9-22-14)15(21-4)12-10-11(19-3)7-8-13(12)24-18/h5-10,15-16,19H,1-4H3. The van der Waals surface area contributed by atoms with Gasteiger partial charge in [0.25, 0.3) is 0 Å². The average Bonchev–Trinajstić information content (AvgIpc) is 3.09. The van der Waals surface area contributed by atoms with E-state index in [1.54, 1.807) is 19.2 Å². The Balaban J connectivity index is 1.96. The van der Waals surface area contributed by atoms with Crippen molar-refractivity contribution in [2.24, 2.45) is 0 Å². The molecular formula is C18H21NO5. The van der Waals surface area contributed by atoms with E-state index >= 15 is 0 Å². The molecule has 0 saturated heterocycles. The van der Waals surface area contributed by atoms with E-state index in [4.69, 9.17) is 18.6 Å². The first-order valence-electron chi connectivity index (χ1n) is 7.74. The zero-order valence-electron chi connectivity index (χ0n) is 14.2. The van der Waals surface area contributed by atoms with Crippen LogP contribution < -0.4 is 10.1 Å². The zero-order valence-corrected chi connectivity index (χ0v) is 14.2. The Morgan fingerprint density at radius 2 is 2.08 bits per heavy atom. The molecule has 6 heteroatoms. The van der Waals surface area contributed by atoms with Gasteiger partial charge in [-0.1, -0.05) is 0 Å². The molecule has 128 valence electrons. The maximum absolute atomic E-state index is 12.3. The van der Waals surface area contributed by atoms with Crippen LogP contribution in [0.4, 0.5) is 5.69 Å². The highest BCUT2D eigenvalue weighted by atomic mass is 16.6. The maximum atomic E-state index is 12.3. The Hall–Kier alpha value is -2.47. The first-order chi connectivity index (χ1) is 11.5. The molecule has 2 aromatic rings. The number of hydrogen-bond acceptors (Lipinski definition) is 6. The van der Waals surface area contributed by atoms with Crippen LogP contribution in [0.1, 0.15) is 36.1 Å². The molecule has 0 spiro atoms. The Bertz CT molecular complexity index is 723. The summed E-state index contributed by atoms with van der Waals surface area (Å²) in [7, 11) is 3.43. The van der Waals surface area contributed by atoms with Gasteiger partial charge in [-0.25, -0.2) is 4.79 Å². The molecule has 1 aromatic heterocycles. The average molecular weight is 331 g/mol. The minimum atomic E-state index is -0.753. The highest BCUT2D eigenvalue weighted by Crippen LogP contribution is 2.44. The minimum Gasteiger partial charge on any atom is -0.483 e. The number of esters is 1. The Labute approximate surface area is 140 Å². The second kappa shape index (κ2) is 6.20. The topological polar surface area (TPSA) is 69.9 Å². The van der Waals surface area contributed by atoms with Crippen LogP contribution in [0.5, 0.6) is 5.75 Å². The van der Waals surface area contributed by atoms with E-state index in [9.17, 15) is 4.79 Å². The van der Waals surface area contributed by atoms with E-state index in [0.717, 1.165) is 17.0 Å². The Morgan fingerprint density at radius 3 is 2.71 bits per heavy atom. The van der Waals surface area contributed by atoms with Gasteiger partial charge in [0.05, 0.1) is 6.26 Å². The highest BCUT2D eigenvalue weighted by molar-refractivity contribution is 5.86. The SMILES string of the molecule is CNc1ccc2c(c1)C(OC)C(OC(=O)c1ccco1)C(C)(C)O2. The van der Waals surface area contributed by atoms with E-state index in [2.05, 4.69) is 5.32 Å². The molecular weight excluding hydrogens is 310 g/mol. The van der Waals surface area contributed by atoms with Gasteiger partial charge in [-0.05, 0) is 44.2 Å². The van der Waals surface area contributed by atoms with Crippen LogP contribution >= 0.6 is 0 Å². The van der Waals surface area contributed by atoms with Crippen molar-refractivity contribution >= 4 is 11.7 Å². The number of hydrogen-bond donors (Lipinski definition) is 1. The molecule has 3 rings (SSSR count). The molecule has 2 heterocycles. The quantitative estimate of drug-likeness (QED) is 0.866. The van der Waals surface area contributed by atoms with Gasteiger partial charge in [0.15, 0.2) is 6.10 Å². The number of anilines is 1. The van der Waals surface area contributed by atoms with E-state index in [1.807, 2.05) is 39.1 Å². The molecule has 0 radical (unpaired) electrons. The number of ether oxygens (including phenoxy) is 3. The summed E-state index contributed by atoms with van der Waals surface area (Å²) in [5, 5.41) is 3.09. The van der Waals surface area contributed by atoms with Crippen molar-refractivity contribution in [2.75, 3.05) is 19.5 Å². The molecule has 24 heavy (non-hydrogen) atoms. The molecule has 1 aromatic carbocycles. The van der Waals surface area contributed by atoms with Gasteiger partial charge in [-0.2, -0.15) is 0 Å². The van der Waals surface area contributed by atoms with Crippen molar-refractivity contribution < 1.29 is 23.4 Å². The van der Waals surface area contributed by atoms with Crippen LogP contribution in [0.3, 0.4) is 0 Å². The van der Waals surface area contributed by atoms with Crippen LogP contribution in [0.25, 0.3) is 0 Å². The lowest BCUT2D eigenvalue weighted by Gasteiger charge is -2.43. The predicted molar refractivity (Wildman–Crippen MR) is 88.4 cm³/mol. The molecule has 1 aliphatic rings. The number of carbonyl (C=O) groups excluding carboxylic acids is 1. The number of furan rings is 1. The summed E-state index contributed by atoms with van der Waals surface area (Å²) in [6, 6.07) is 8.96. The normalized spacial score (nSPS) is 21.5. The van der Waals surface area contributed by atoms with Crippen molar-refractivity contribution in [2.45, 2.75) is 31.7 Å². The van der Waals surface area contributed by atoms with Crippen molar-refractivity contribution in [3.8, 4) is 5.75 Å². The third-order valence-electron chi connectivity index (χ3n) is 4.15. The molecule has 2 atom stereocenters. The van der Waals surface area contributed by atoms with Gasteiger partial charge in [-0.15, -0.1) is 0 Å². The molecule has 0 bridgehead atoms. The maximum Gasteiger partial charge on any atom is 0.374 e. The molecule has 0 fully saturated rings. The zero-order chi connectivity index (χ0) is 17.3. The molecule has 2 unspecified atom stereocenters. The second-order valence-electron chi connectivity index (χ2n) is 6.17. The largest absolute Gasteiger partial charge is 0.483 e. The molecule has 6 nitrogen and oxygen atoms in total. The number of carbonyl (C=O) groups is 1. The van der Waals surface area contributed by atoms with Crippen LogP contribution in [0.15, 0.2) is 41.0 Å².